The van der Waals surface area contributed by atoms with Gasteiger partial charge >= 0.3 is 0 Å². The van der Waals surface area contributed by atoms with Gasteiger partial charge in [0.15, 0.2) is 0 Å². The molecule has 1 aromatic heterocycles. The van der Waals surface area contributed by atoms with E-state index in [4.69, 9.17) is 0 Å². The van der Waals surface area contributed by atoms with Gasteiger partial charge < -0.3 is 15.2 Å². The fourth-order valence-electron chi connectivity index (χ4n) is 1.76. The van der Waals surface area contributed by atoms with E-state index in [-0.39, 0.29) is 17.7 Å². The van der Waals surface area contributed by atoms with Crippen molar-refractivity contribution in [1.29, 1.82) is 0 Å². The summed E-state index contributed by atoms with van der Waals surface area (Å²) in [5.41, 5.74) is 0. The van der Waals surface area contributed by atoms with Crippen LogP contribution in [0.4, 0.5) is 0 Å². The second-order valence-corrected chi connectivity index (χ2v) is 3.92. The standard InChI is InChI=1S/C11H15N3O2/c15-10-7-9(8-13-10)11(16)12-3-6-14-4-1-2-5-14/h1-2,4-5,9H,3,6-8H2,(H,12,16)(H,13,15). The summed E-state index contributed by atoms with van der Waals surface area (Å²) >= 11 is 0. The van der Waals surface area contributed by atoms with Gasteiger partial charge in [-0.25, -0.2) is 0 Å². The molecule has 1 aliphatic rings. The van der Waals surface area contributed by atoms with Crippen molar-refractivity contribution in [2.45, 2.75) is 13.0 Å². The van der Waals surface area contributed by atoms with E-state index < -0.39 is 0 Å². The van der Waals surface area contributed by atoms with Crippen LogP contribution in [0.1, 0.15) is 6.42 Å². The van der Waals surface area contributed by atoms with E-state index in [1.165, 1.54) is 0 Å². The molecule has 0 bridgehead atoms. The molecule has 1 saturated heterocycles. The van der Waals surface area contributed by atoms with Crippen molar-refractivity contribution in [2.24, 2.45) is 5.92 Å². The SMILES string of the molecule is O=C1CC(C(=O)NCCn2cccc2)CN1. The summed E-state index contributed by atoms with van der Waals surface area (Å²) in [4.78, 5) is 22.5. The van der Waals surface area contributed by atoms with Crippen LogP contribution in [-0.2, 0) is 16.1 Å². The molecule has 0 aromatic carbocycles. The van der Waals surface area contributed by atoms with E-state index in [1.807, 2.05) is 29.1 Å². The molecule has 2 amide bonds. The molecular weight excluding hydrogens is 206 g/mol. The van der Waals surface area contributed by atoms with E-state index in [0.29, 0.717) is 19.5 Å². The van der Waals surface area contributed by atoms with Crippen LogP contribution in [0.25, 0.3) is 0 Å². The molecule has 1 aromatic rings. The van der Waals surface area contributed by atoms with Crippen molar-refractivity contribution in [3.05, 3.63) is 24.5 Å². The van der Waals surface area contributed by atoms with Crippen molar-refractivity contribution < 1.29 is 9.59 Å². The highest BCUT2D eigenvalue weighted by molar-refractivity contribution is 5.89. The third kappa shape index (κ3) is 2.62. The molecule has 2 rings (SSSR count). The summed E-state index contributed by atoms with van der Waals surface area (Å²) < 4.78 is 2.00. The molecule has 0 saturated carbocycles. The Hall–Kier alpha value is -1.78. The van der Waals surface area contributed by atoms with E-state index in [0.717, 1.165) is 6.54 Å². The maximum atomic E-state index is 11.6. The lowest BCUT2D eigenvalue weighted by Gasteiger charge is -2.09. The molecule has 5 nitrogen and oxygen atoms in total. The van der Waals surface area contributed by atoms with Crippen LogP contribution in [0, 0.1) is 5.92 Å². The molecular formula is C11H15N3O2. The Balaban J connectivity index is 1.70. The van der Waals surface area contributed by atoms with E-state index in [9.17, 15) is 9.59 Å². The molecule has 0 radical (unpaired) electrons. The van der Waals surface area contributed by atoms with Gasteiger partial charge in [0.1, 0.15) is 0 Å². The van der Waals surface area contributed by atoms with Crippen LogP contribution in [0.3, 0.4) is 0 Å². The molecule has 2 heterocycles. The molecule has 16 heavy (non-hydrogen) atoms. The number of hydrogen-bond donors (Lipinski definition) is 2. The highest BCUT2D eigenvalue weighted by atomic mass is 16.2. The van der Waals surface area contributed by atoms with E-state index in [2.05, 4.69) is 10.6 Å². The fourth-order valence-corrected chi connectivity index (χ4v) is 1.76. The first kappa shape index (κ1) is 10.7. The van der Waals surface area contributed by atoms with Gasteiger partial charge in [0.05, 0.1) is 5.92 Å². The molecule has 1 unspecified atom stereocenters. The van der Waals surface area contributed by atoms with Crippen LogP contribution >= 0.6 is 0 Å². The Morgan fingerprint density at radius 1 is 1.50 bits per heavy atom. The summed E-state index contributed by atoms with van der Waals surface area (Å²) in [6.07, 6.45) is 4.22. The zero-order valence-electron chi connectivity index (χ0n) is 8.98. The second kappa shape index (κ2) is 4.83. The predicted octanol–water partition coefficient (Wildman–Crippen LogP) is -0.260. The van der Waals surface area contributed by atoms with Gasteiger partial charge in [-0.2, -0.15) is 0 Å². The lowest BCUT2D eigenvalue weighted by molar-refractivity contribution is -0.126. The van der Waals surface area contributed by atoms with Crippen molar-refractivity contribution in [2.75, 3.05) is 13.1 Å². The Bertz CT molecular complexity index is 373. The van der Waals surface area contributed by atoms with Gasteiger partial charge in [-0.05, 0) is 12.1 Å². The lowest BCUT2D eigenvalue weighted by Crippen LogP contribution is -2.33. The molecule has 1 aliphatic heterocycles. The normalized spacial score (nSPS) is 19.5. The van der Waals surface area contributed by atoms with Crippen LogP contribution < -0.4 is 10.6 Å². The summed E-state index contributed by atoms with van der Waals surface area (Å²) in [6, 6.07) is 3.89. The first-order valence-corrected chi connectivity index (χ1v) is 5.41. The largest absolute Gasteiger partial charge is 0.355 e. The van der Waals surface area contributed by atoms with Crippen LogP contribution in [0.15, 0.2) is 24.5 Å². The number of rotatable bonds is 4. The minimum absolute atomic E-state index is 0.0365. The molecule has 1 atom stereocenters. The zero-order chi connectivity index (χ0) is 11.4. The Labute approximate surface area is 93.8 Å². The Morgan fingerprint density at radius 3 is 2.88 bits per heavy atom. The number of carbonyl (C=O) groups is 2. The number of nitrogens with one attached hydrogen (secondary N) is 2. The number of nitrogens with zero attached hydrogens (tertiary/aromatic N) is 1. The summed E-state index contributed by atoms with van der Waals surface area (Å²) in [5, 5.41) is 5.48. The highest BCUT2D eigenvalue weighted by Crippen LogP contribution is 2.08. The van der Waals surface area contributed by atoms with Gasteiger partial charge in [0.25, 0.3) is 0 Å². The van der Waals surface area contributed by atoms with Crippen molar-refractivity contribution in [1.82, 2.24) is 15.2 Å². The maximum absolute atomic E-state index is 11.6. The third-order valence-electron chi connectivity index (χ3n) is 2.68. The smallest absolute Gasteiger partial charge is 0.225 e. The Kier molecular flexibility index (Phi) is 3.24. The van der Waals surface area contributed by atoms with Crippen molar-refractivity contribution in [3.63, 3.8) is 0 Å². The minimum atomic E-state index is -0.197. The summed E-state index contributed by atoms with van der Waals surface area (Å²) in [5.74, 6) is -0.270. The highest BCUT2D eigenvalue weighted by Gasteiger charge is 2.27. The zero-order valence-corrected chi connectivity index (χ0v) is 8.98. The maximum Gasteiger partial charge on any atom is 0.225 e. The molecule has 86 valence electrons. The number of aromatic nitrogens is 1. The molecule has 1 fully saturated rings. The van der Waals surface area contributed by atoms with E-state index >= 15 is 0 Å². The molecule has 0 aliphatic carbocycles. The summed E-state index contributed by atoms with van der Waals surface area (Å²) in [6.45, 7) is 1.82. The Morgan fingerprint density at radius 2 is 2.25 bits per heavy atom. The summed E-state index contributed by atoms with van der Waals surface area (Å²) in [7, 11) is 0. The van der Waals surface area contributed by atoms with Crippen molar-refractivity contribution >= 4 is 11.8 Å². The average Bonchev–Trinajstić information content (AvgIpc) is 2.89. The van der Waals surface area contributed by atoms with Crippen molar-refractivity contribution in [3.8, 4) is 0 Å². The average molecular weight is 221 g/mol. The lowest BCUT2D eigenvalue weighted by atomic mass is 10.1. The van der Waals surface area contributed by atoms with Crippen LogP contribution in [0.5, 0.6) is 0 Å². The first-order valence-electron chi connectivity index (χ1n) is 5.41. The number of amides is 2. The monoisotopic (exact) mass is 221 g/mol. The predicted molar refractivity (Wildman–Crippen MR) is 58.6 cm³/mol. The van der Waals surface area contributed by atoms with Gasteiger partial charge in [-0.15, -0.1) is 0 Å². The van der Waals surface area contributed by atoms with Gasteiger partial charge in [0, 0.05) is 38.4 Å². The number of hydrogen-bond acceptors (Lipinski definition) is 2. The number of carbonyl (C=O) groups excluding carboxylic acids is 2. The molecule has 5 heteroatoms. The van der Waals surface area contributed by atoms with E-state index in [1.54, 1.807) is 0 Å². The van der Waals surface area contributed by atoms with Crippen LogP contribution in [-0.4, -0.2) is 29.5 Å². The topological polar surface area (TPSA) is 63.1 Å². The molecule has 2 N–H and O–H groups in total. The van der Waals surface area contributed by atoms with Gasteiger partial charge in [-0.1, -0.05) is 0 Å². The van der Waals surface area contributed by atoms with Gasteiger partial charge in [-0.3, -0.25) is 9.59 Å². The van der Waals surface area contributed by atoms with Crippen LogP contribution in [0.2, 0.25) is 0 Å². The minimum Gasteiger partial charge on any atom is -0.355 e. The third-order valence-corrected chi connectivity index (χ3v) is 2.68. The fraction of sp³-hybridized carbons (Fsp3) is 0.455. The quantitative estimate of drug-likeness (QED) is 0.736. The second-order valence-electron chi connectivity index (χ2n) is 3.92. The van der Waals surface area contributed by atoms with Gasteiger partial charge in [0.2, 0.25) is 11.8 Å². The first-order chi connectivity index (χ1) is 7.75. The molecule has 0 spiro atoms.